The molecule has 0 atom stereocenters. The van der Waals surface area contributed by atoms with Crippen LogP contribution >= 0.6 is 0 Å². The summed E-state index contributed by atoms with van der Waals surface area (Å²) >= 11 is 0. The van der Waals surface area contributed by atoms with E-state index in [9.17, 15) is 8.42 Å². The third-order valence-electron chi connectivity index (χ3n) is 4.34. The SMILES string of the molecule is CN(C)c1cccc2c(S(=O)(=O)NCC[N+](C)(C)CCO)cccc12.[Br-]. The number of aliphatic hydroxyl groups is 1. The van der Waals surface area contributed by atoms with Gasteiger partial charge < -0.3 is 31.5 Å². The Morgan fingerprint density at radius 3 is 2.27 bits per heavy atom. The normalized spacial score (nSPS) is 12.0. The first-order valence-corrected chi connectivity index (χ1v) is 9.78. The molecule has 0 aliphatic heterocycles. The molecular weight excluding hydrogens is 418 g/mol. The van der Waals surface area contributed by atoms with Crippen molar-refractivity contribution in [1.82, 2.24) is 4.72 Å². The molecule has 0 saturated carbocycles. The lowest BCUT2D eigenvalue weighted by Crippen LogP contribution is -3.00. The van der Waals surface area contributed by atoms with E-state index in [0.717, 1.165) is 11.1 Å². The number of benzene rings is 2. The quantitative estimate of drug-likeness (QED) is 0.473. The van der Waals surface area contributed by atoms with Crippen LogP contribution in [0.3, 0.4) is 0 Å². The number of quaternary nitrogens is 1. The number of anilines is 1. The fraction of sp³-hybridized carbons (Fsp3) is 0.444. The molecule has 0 bridgehead atoms. The summed E-state index contributed by atoms with van der Waals surface area (Å²) in [5.74, 6) is 0. The highest BCUT2D eigenvalue weighted by atomic mass is 79.9. The maximum absolute atomic E-state index is 12.8. The van der Waals surface area contributed by atoms with Crippen LogP contribution in [-0.2, 0) is 10.0 Å². The minimum Gasteiger partial charge on any atom is -1.00 e. The molecule has 0 amide bonds. The van der Waals surface area contributed by atoms with Crippen molar-refractivity contribution in [3.05, 3.63) is 36.4 Å². The van der Waals surface area contributed by atoms with Gasteiger partial charge in [0.25, 0.3) is 0 Å². The van der Waals surface area contributed by atoms with Gasteiger partial charge in [-0.15, -0.1) is 0 Å². The number of fused-ring (bicyclic) bond motifs is 1. The molecule has 0 radical (unpaired) electrons. The topological polar surface area (TPSA) is 69.6 Å². The summed E-state index contributed by atoms with van der Waals surface area (Å²) in [5, 5.41) is 10.7. The maximum Gasteiger partial charge on any atom is 0.241 e. The van der Waals surface area contributed by atoms with Crippen LogP contribution in [0.1, 0.15) is 0 Å². The number of hydrogen-bond donors (Lipinski definition) is 2. The van der Waals surface area contributed by atoms with Crippen molar-refractivity contribution in [2.45, 2.75) is 4.90 Å². The number of nitrogens with one attached hydrogen (secondary N) is 1. The molecule has 0 spiro atoms. The zero-order valence-electron chi connectivity index (χ0n) is 15.7. The average molecular weight is 446 g/mol. The standard InChI is InChI=1S/C18H28N3O3S.BrH/c1-20(2)17-9-5-8-16-15(17)7-6-10-18(16)25(23,24)19-11-12-21(3,4)13-14-22;/h5-10,19,22H,11-14H2,1-4H3;1H/q+1;/p-1. The Hall–Kier alpha value is -1.19. The number of likely N-dealkylation sites (N-methyl/N-ethyl adjacent to an activating group) is 1. The number of halogens is 1. The third-order valence-corrected chi connectivity index (χ3v) is 5.86. The van der Waals surface area contributed by atoms with Gasteiger partial charge in [-0.05, 0) is 12.1 Å². The Morgan fingerprint density at radius 1 is 1.04 bits per heavy atom. The minimum atomic E-state index is -3.61. The molecule has 8 heteroatoms. The Balaban J connectivity index is 0.00000338. The smallest absolute Gasteiger partial charge is 0.241 e. The van der Waals surface area contributed by atoms with Crippen molar-refractivity contribution in [2.75, 3.05) is 59.3 Å². The van der Waals surface area contributed by atoms with Crippen LogP contribution in [-0.4, -0.2) is 72.4 Å². The van der Waals surface area contributed by atoms with Crippen molar-refractivity contribution in [3.8, 4) is 0 Å². The highest BCUT2D eigenvalue weighted by Crippen LogP contribution is 2.29. The van der Waals surface area contributed by atoms with Crippen molar-refractivity contribution in [3.63, 3.8) is 0 Å². The van der Waals surface area contributed by atoms with E-state index in [2.05, 4.69) is 4.72 Å². The second-order valence-corrected chi connectivity index (χ2v) is 8.76. The first kappa shape index (κ1) is 22.9. The van der Waals surface area contributed by atoms with Gasteiger partial charge in [-0.25, -0.2) is 13.1 Å². The molecule has 2 rings (SSSR count). The van der Waals surface area contributed by atoms with Crippen LogP contribution in [0.5, 0.6) is 0 Å². The number of rotatable bonds is 8. The van der Waals surface area contributed by atoms with Crippen molar-refractivity contribution < 1.29 is 35.0 Å². The Bertz CT molecular complexity index is 839. The van der Waals surface area contributed by atoms with Crippen LogP contribution < -0.4 is 26.6 Å². The van der Waals surface area contributed by atoms with Gasteiger partial charge in [0.05, 0.1) is 38.7 Å². The molecule has 2 aromatic carbocycles. The number of nitrogens with zero attached hydrogens (tertiary/aromatic N) is 2. The van der Waals surface area contributed by atoms with Gasteiger partial charge in [0.15, 0.2) is 0 Å². The highest BCUT2D eigenvalue weighted by Gasteiger charge is 2.20. The Labute approximate surface area is 166 Å². The second-order valence-electron chi connectivity index (χ2n) is 7.03. The van der Waals surface area contributed by atoms with Gasteiger partial charge in [-0.2, -0.15) is 0 Å². The number of hydrogen-bond acceptors (Lipinski definition) is 4. The molecule has 0 aliphatic carbocycles. The van der Waals surface area contributed by atoms with Crippen molar-refractivity contribution in [1.29, 1.82) is 0 Å². The second kappa shape index (κ2) is 9.14. The van der Waals surface area contributed by atoms with E-state index in [-0.39, 0.29) is 23.6 Å². The molecule has 0 fully saturated rings. The minimum absolute atomic E-state index is 0. The fourth-order valence-corrected chi connectivity index (χ4v) is 4.07. The van der Waals surface area contributed by atoms with E-state index in [1.165, 1.54) is 0 Å². The van der Waals surface area contributed by atoms with Gasteiger partial charge in [-0.1, -0.05) is 24.3 Å². The zero-order chi connectivity index (χ0) is 18.7. The summed E-state index contributed by atoms with van der Waals surface area (Å²) in [7, 11) is 4.20. The molecule has 26 heavy (non-hydrogen) atoms. The molecule has 0 saturated heterocycles. The molecule has 0 aromatic heterocycles. The van der Waals surface area contributed by atoms with Gasteiger partial charge in [0.1, 0.15) is 6.54 Å². The lowest BCUT2D eigenvalue weighted by molar-refractivity contribution is -0.889. The first-order valence-electron chi connectivity index (χ1n) is 8.29. The molecule has 146 valence electrons. The zero-order valence-corrected chi connectivity index (χ0v) is 18.1. The van der Waals surface area contributed by atoms with Crippen LogP contribution in [0, 0.1) is 0 Å². The van der Waals surface area contributed by atoms with E-state index in [4.69, 9.17) is 5.11 Å². The first-order chi connectivity index (χ1) is 11.7. The lowest BCUT2D eigenvalue weighted by atomic mass is 10.1. The molecule has 2 N–H and O–H groups in total. The summed E-state index contributed by atoms with van der Waals surface area (Å²) in [6.45, 7) is 1.59. The molecular formula is C18H28BrN3O3S. The lowest BCUT2D eigenvalue weighted by Gasteiger charge is -2.28. The van der Waals surface area contributed by atoms with E-state index in [1.54, 1.807) is 12.1 Å². The molecule has 2 aromatic rings. The summed E-state index contributed by atoms with van der Waals surface area (Å²) in [6.07, 6.45) is 0. The summed E-state index contributed by atoms with van der Waals surface area (Å²) in [5.41, 5.74) is 0.982. The van der Waals surface area contributed by atoms with Crippen molar-refractivity contribution >= 4 is 26.5 Å². The fourth-order valence-electron chi connectivity index (χ4n) is 2.83. The molecule has 0 unspecified atom stereocenters. The average Bonchev–Trinajstić information content (AvgIpc) is 2.53. The summed E-state index contributed by atoms with van der Waals surface area (Å²) < 4.78 is 28.8. The Morgan fingerprint density at radius 2 is 1.65 bits per heavy atom. The summed E-state index contributed by atoms with van der Waals surface area (Å²) in [4.78, 5) is 2.27. The highest BCUT2D eigenvalue weighted by molar-refractivity contribution is 7.89. The van der Waals surface area contributed by atoms with E-state index in [0.29, 0.717) is 34.4 Å². The van der Waals surface area contributed by atoms with Crippen LogP contribution in [0.2, 0.25) is 0 Å². The van der Waals surface area contributed by atoms with Gasteiger partial charge >= 0.3 is 0 Å². The van der Waals surface area contributed by atoms with E-state index >= 15 is 0 Å². The van der Waals surface area contributed by atoms with E-state index in [1.807, 2.05) is 57.4 Å². The van der Waals surface area contributed by atoms with Crippen LogP contribution in [0.25, 0.3) is 10.8 Å². The van der Waals surface area contributed by atoms with Crippen LogP contribution in [0.15, 0.2) is 41.3 Å². The largest absolute Gasteiger partial charge is 1.00 e. The Kier molecular flexibility index (Phi) is 8.04. The molecule has 0 aliphatic rings. The molecule has 0 heterocycles. The predicted molar refractivity (Wildman–Crippen MR) is 102 cm³/mol. The maximum atomic E-state index is 12.8. The van der Waals surface area contributed by atoms with Gasteiger partial charge in [0, 0.05) is 30.6 Å². The third kappa shape index (κ3) is 5.40. The number of aliphatic hydroxyl groups excluding tert-OH is 1. The van der Waals surface area contributed by atoms with Gasteiger partial charge in [0.2, 0.25) is 10.0 Å². The van der Waals surface area contributed by atoms with E-state index < -0.39 is 10.0 Å². The number of sulfonamides is 1. The van der Waals surface area contributed by atoms with Gasteiger partial charge in [-0.3, -0.25) is 0 Å². The predicted octanol–water partition coefficient (Wildman–Crippen LogP) is -1.74. The van der Waals surface area contributed by atoms with Crippen molar-refractivity contribution in [2.24, 2.45) is 0 Å². The monoisotopic (exact) mass is 445 g/mol. The molecule has 6 nitrogen and oxygen atoms in total. The summed E-state index contributed by atoms with van der Waals surface area (Å²) in [6, 6.07) is 11.0. The van der Waals surface area contributed by atoms with Crippen LogP contribution in [0.4, 0.5) is 5.69 Å².